The smallest absolute Gasteiger partial charge is 0.344 e. The molecule has 1 aliphatic heterocycles. The zero-order chi connectivity index (χ0) is 22.4. The molecular weight excluding hydrogens is 442 g/mol. The third-order valence-electron chi connectivity index (χ3n) is 4.24. The Hall–Kier alpha value is -2.97. The van der Waals surface area contributed by atoms with E-state index >= 15 is 0 Å². The summed E-state index contributed by atoms with van der Waals surface area (Å²) >= 11 is 6.85. The number of ether oxygens (including phenoxy) is 3. The minimum absolute atomic E-state index is 0.138. The monoisotopic (exact) mass is 461 g/mol. The number of thioether (sulfide) groups is 1. The van der Waals surface area contributed by atoms with Crippen molar-refractivity contribution in [2.75, 3.05) is 20.3 Å². The van der Waals surface area contributed by atoms with Crippen LogP contribution in [-0.2, 0) is 20.9 Å². The first kappa shape index (κ1) is 22.7. The van der Waals surface area contributed by atoms with Gasteiger partial charge in [0.25, 0.3) is 11.1 Å². The molecule has 2 aromatic carbocycles. The lowest BCUT2D eigenvalue weighted by Crippen LogP contribution is -2.27. The molecule has 0 saturated carbocycles. The molecule has 2 amide bonds. The van der Waals surface area contributed by atoms with Gasteiger partial charge in [-0.3, -0.25) is 14.5 Å². The van der Waals surface area contributed by atoms with Gasteiger partial charge in [-0.1, -0.05) is 29.8 Å². The predicted molar refractivity (Wildman–Crippen MR) is 118 cm³/mol. The van der Waals surface area contributed by atoms with Gasteiger partial charge in [-0.2, -0.15) is 0 Å². The van der Waals surface area contributed by atoms with E-state index in [-0.39, 0.29) is 35.8 Å². The quantitative estimate of drug-likeness (QED) is 0.422. The molecule has 0 atom stereocenters. The number of rotatable bonds is 8. The Labute approximate surface area is 188 Å². The van der Waals surface area contributed by atoms with Crippen LogP contribution in [0.3, 0.4) is 0 Å². The predicted octanol–water partition coefficient (Wildman–Crippen LogP) is 4.53. The Morgan fingerprint density at radius 3 is 2.68 bits per heavy atom. The Kier molecular flexibility index (Phi) is 7.59. The number of amides is 2. The molecule has 1 saturated heterocycles. The van der Waals surface area contributed by atoms with E-state index in [9.17, 15) is 14.4 Å². The molecular formula is C22H20ClNO6S. The fourth-order valence-electron chi connectivity index (χ4n) is 2.84. The van der Waals surface area contributed by atoms with Gasteiger partial charge >= 0.3 is 5.97 Å². The zero-order valence-corrected chi connectivity index (χ0v) is 18.5. The molecule has 0 radical (unpaired) electrons. The van der Waals surface area contributed by atoms with Gasteiger partial charge in [-0.05, 0) is 60.2 Å². The van der Waals surface area contributed by atoms with Crippen LogP contribution in [-0.4, -0.2) is 42.3 Å². The van der Waals surface area contributed by atoms with Gasteiger partial charge in [0.1, 0.15) is 0 Å². The maximum Gasteiger partial charge on any atom is 0.344 e. The molecule has 0 aromatic heterocycles. The highest BCUT2D eigenvalue weighted by molar-refractivity contribution is 8.18. The highest BCUT2D eigenvalue weighted by Gasteiger charge is 2.35. The topological polar surface area (TPSA) is 82.1 Å². The van der Waals surface area contributed by atoms with Gasteiger partial charge in [-0.15, -0.1) is 0 Å². The number of esters is 1. The molecule has 3 rings (SSSR count). The van der Waals surface area contributed by atoms with E-state index in [2.05, 4.69) is 0 Å². The molecule has 1 heterocycles. The van der Waals surface area contributed by atoms with E-state index in [1.54, 1.807) is 55.5 Å². The maximum atomic E-state index is 12.8. The summed E-state index contributed by atoms with van der Waals surface area (Å²) in [5.74, 6) is -0.144. The van der Waals surface area contributed by atoms with Crippen molar-refractivity contribution in [3.63, 3.8) is 0 Å². The van der Waals surface area contributed by atoms with Crippen molar-refractivity contribution < 1.29 is 28.6 Å². The summed E-state index contributed by atoms with van der Waals surface area (Å²) in [5, 5.41) is 0.178. The van der Waals surface area contributed by atoms with E-state index in [0.717, 1.165) is 17.3 Å². The van der Waals surface area contributed by atoms with Gasteiger partial charge < -0.3 is 14.2 Å². The van der Waals surface area contributed by atoms with E-state index in [1.165, 1.54) is 12.0 Å². The standard InChI is InChI=1S/C22H20ClNO6S/c1-3-29-20(25)13-30-18-10-14(7-8-17(18)28-2)11-19-21(26)24(22(27)31-19)12-15-5-4-6-16(23)9-15/h4-11H,3,12-13H2,1-2H3/b19-11-. The van der Waals surface area contributed by atoms with E-state index in [0.29, 0.717) is 22.1 Å². The van der Waals surface area contributed by atoms with E-state index in [1.807, 2.05) is 0 Å². The van der Waals surface area contributed by atoms with Gasteiger partial charge in [0.15, 0.2) is 18.1 Å². The van der Waals surface area contributed by atoms with Crippen LogP contribution in [0.15, 0.2) is 47.4 Å². The van der Waals surface area contributed by atoms with E-state index in [4.69, 9.17) is 25.8 Å². The zero-order valence-electron chi connectivity index (χ0n) is 16.9. The summed E-state index contributed by atoms with van der Waals surface area (Å²) in [7, 11) is 1.48. The van der Waals surface area contributed by atoms with Crippen molar-refractivity contribution in [2.45, 2.75) is 13.5 Å². The van der Waals surface area contributed by atoms with Crippen molar-refractivity contribution in [3.05, 3.63) is 63.5 Å². The number of carbonyl (C=O) groups is 3. The lowest BCUT2D eigenvalue weighted by atomic mass is 10.1. The number of benzene rings is 2. The third-order valence-corrected chi connectivity index (χ3v) is 5.38. The second-order valence-corrected chi connectivity index (χ2v) is 7.83. The number of carbonyl (C=O) groups excluding carboxylic acids is 3. The summed E-state index contributed by atoms with van der Waals surface area (Å²) in [6.07, 6.45) is 1.60. The average molecular weight is 462 g/mol. The van der Waals surface area contributed by atoms with Crippen LogP contribution in [0.5, 0.6) is 11.5 Å². The van der Waals surface area contributed by atoms with Crippen LogP contribution in [0.2, 0.25) is 5.02 Å². The first-order valence-corrected chi connectivity index (χ1v) is 10.6. The molecule has 162 valence electrons. The van der Waals surface area contributed by atoms with Gasteiger partial charge in [-0.25, -0.2) is 4.79 Å². The highest BCUT2D eigenvalue weighted by Crippen LogP contribution is 2.35. The summed E-state index contributed by atoms with van der Waals surface area (Å²) in [4.78, 5) is 38.2. The normalized spacial score (nSPS) is 14.8. The lowest BCUT2D eigenvalue weighted by Gasteiger charge is -2.12. The Balaban J connectivity index is 1.77. The molecule has 0 unspecified atom stereocenters. The number of methoxy groups -OCH3 is 1. The van der Waals surface area contributed by atoms with Gasteiger partial charge in [0.2, 0.25) is 0 Å². The van der Waals surface area contributed by atoms with Crippen molar-refractivity contribution >= 4 is 46.6 Å². The van der Waals surface area contributed by atoms with Crippen molar-refractivity contribution in [1.29, 1.82) is 0 Å². The molecule has 0 N–H and O–H groups in total. The molecule has 31 heavy (non-hydrogen) atoms. The molecule has 1 fully saturated rings. The summed E-state index contributed by atoms with van der Waals surface area (Å²) in [6, 6.07) is 12.0. The number of hydrogen-bond acceptors (Lipinski definition) is 7. The maximum absolute atomic E-state index is 12.8. The number of nitrogens with zero attached hydrogens (tertiary/aromatic N) is 1. The summed E-state index contributed by atoms with van der Waals surface area (Å²) in [5.41, 5.74) is 1.38. The van der Waals surface area contributed by atoms with Crippen LogP contribution in [0.4, 0.5) is 4.79 Å². The summed E-state index contributed by atoms with van der Waals surface area (Å²) in [6.45, 7) is 1.83. The molecule has 1 aliphatic rings. The fraction of sp³-hybridized carbons (Fsp3) is 0.227. The Morgan fingerprint density at radius 2 is 1.97 bits per heavy atom. The van der Waals surface area contributed by atoms with E-state index < -0.39 is 5.97 Å². The molecule has 0 spiro atoms. The minimum Gasteiger partial charge on any atom is -0.493 e. The average Bonchev–Trinajstić information content (AvgIpc) is 3.00. The third kappa shape index (κ3) is 5.80. The second kappa shape index (κ2) is 10.4. The molecule has 9 heteroatoms. The SMILES string of the molecule is CCOC(=O)COc1cc(/C=C2\SC(=O)N(Cc3cccc(Cl)c3)C2=O)ccc1OC. The van der Waals surface area contributed by atoms with Gasteiger partial charge in [0, 0.05) is 5.02 Å². The first-order chi connectivity index (χ1) is 14.9. The van der Waals surface area contributed by atoms with Crippen LogP contribution in [0.25, 0.3) is 6.08 Å². The van der Waals surface area contributed by atoms with Crippen LogP contribution in [0, 0.1) is 0 Å². The first-order valence-electron chi connectivity index (χ1n) is 9.37. The van der Waals surface area contributed by atoms with Crippen LogP contribution in [0.1, 0.15) is 18.1 Å². The lowest BCUT2D eigenvalue weighted by molar-refractivity contribution is -0.145. The van der Waals surface area contributed by atoms with Crippen LogP contribution < -0.4 is 9.47 Å². The number of hydrogen-bond donors (Lipinski definition) is 0. The van der Waals surface area contributed by atoms with Crippen molar-refractivity contribution in [1.82, 2.24) is 4.90 Å². The van der Waals surface area contributed by atoms with Crippen molar-refractivity contribution in [3.8, 4) is 11.5 Å². The largest absolute Gasteiger partial charge is 0.493 e. The summed E-state index contributed by atoms with van der Waals surface area (Å²) < 4.78 is 15.6. The molecule has 0 aliphatic carbocycles. The minimum atomic E-state index is -0.503. The van der Waals surface area contributed by atoms with Crippen LogP contribution >= 0.6 is 23.4 Å². The molecule has 0 bridgehead atoms. The molecule has 2 aromatic rings. The fourth-order valence-corrected chi connectivity index (χ4v) is 3.89. The number of imide groups is 1. The highest BCUT2D eigenvalue weighted by atomic mass is 35.5. The second-order valence-electron chi connectivity index (χ2n) is 6.40. The molecule has 7 nitrogen and oxygen atoms in total. The Morgan fingerprint density at radius 1 is 1.16 bits per heavy atom. The van der Waals surface area contributed by atoms with Gasteiger partial charge in [0.05, 0.1) is 25.2 Å². The Bertz CT molecular complexity index is 1040. The number of halogens is 1. The van der Waals surface area contributed by atoms with Crippen molar-refractivity contribution in [2.24, 2.45) is 0 Å².